The quantitative estimate of drug-likeness (QED) is 0.0320. The number of carbonyl (C=O) groups is 2. The molecule has 6 nitrogen and oxygen atoms in total. The molecule has 0 aromatic rings. The molecule has 0 saturated heterocycles. The van der Waals surface area contributed by atoms with Crippen molar-refractivity contribution in [3.63, 3.8) is 0 Å². The Morgan fingerprint density at radius 1 is 0.341 bits per heavy atom. The second-order valence-electron chi connectivity index (χ2n) is 25.6. The first kappa shape index (κ1) is 80.1. The number of hydrogen-bond acceptors (Lipinski definition) is 5. The van der Waals surface area contributed by atoms with Crippen LogP contribution in [0.2, 0.25) is 0 Å². The SMILES string of the molecule is CCCCC/C=C\C/C=C\CCCCCCCCCCCC(=O)OCCCCCCCCCCCCCC/C=C\CCCCCCCCCCCCCCC(=O)NC(CO)C(O)CCCCCCCCCCCCCCCCCCCC. The highest BCUT2D eigenvalue weighted by atomic mass is 16.5. The molecule has 0 aliphatic carbocycles. The van der Waals surface area contributed by atoms with Crippen molar-refractivity contribution < 1.29 is 24.5 Å². The Morgan fingerprint density at radius 3 is 0.963 bits per heavy atom. The molecule has 484 valence electrons. The van der Waals surface area contributed by atoms with E-state index >= 15 is 0 Å². The summed E-state index contributed by atoms with van der Waals surface area (Å²) in [6, 6.07) is -0.542. The van der Waals surface area contributed by atoms with E-state index in [0.29, 0.717) is 25.9 Å². The van der Waals surface area contributed by atoms with Crippen LogP contribution < -0.4 is 5.32 Å². The monoisotopic (exact) mass is 1150 g/mol. The summed E-state index contributed by atoms with van der Waals surface area (Å²) in [5.41, 5.74) is 0. The minimum absolute atomic E-state index is 0.0127. The number of rotatable bonds is 70. The van der Waals surface area contributed by atoms with Gasteiger partial charge in [0.2, 0.25) is 5.91 Å². The minimum atomic E-state index is -0.665. The molecule has 6 heteroatoms. The Bertz CT molecular complexity index is 1330. The Morgan fingerprint density at radius 2 is 0.610 bits per heavy atom. The van der Waals surface area contributed by atoms with Crippen molar-refractivity contribution in [3.8, 4) is 0 Å². The van der Waals surface area contributed by atoms with Gasteiger partial charge in [0, 0.05) is 12.8 Å². The third-order valence-corrected chi connectivity index (χ3v) is 17.4. The number of nitrogens with one attached hydrogen (secondary N) is 1. The summed E-state index contributed by atoms with van der Waals surface area (Å²) in [5.74, 6) is -0.0185. The number of hydrogen-bond donors (Lipinski definition) is 3. The van der Waals surface area contributed by atoms with Gasteiger partial charge in [-0.1, -0.05) is 352 Å². The highest BCUT2D eigenvalue weighted by Crippen LogP contribution is 2.19. The van der Waals surface area contributed by atoms with Gasteiger partial charge >= 0.3 is 5.97 Å². The van der Waals surface area contributed by atoms with Crippen LogP contribution in [0.3, 0.4) is 0 Å². The second kappa shape index (κ2) is 71.6. The molecule has 2 unspecified atom stereocenters. The van der Waals surface area contributed by atoms with Crippen molar-refractivity contribution in [2.24, 2.45) is 0 Å². The van der Waals surface area contributed by atoms with Crippen molar-refractivity contribution in [2.75, 3.05) is 13.2 Å². The van der Waals surface area contributed by atoms with Gasteiger partial charge in [-0.15, -0.1) is 0 Å². The number of allylic oxidation sites excluding steroid dienone is 6. The Hall–Kier alpha value is -1.92. The summed E-state index contributed by atoms with van der Waals surface area (Å²) >= 11 is 0. The Balaban J connectivity index is 3.37. The summed E-state index contributed by atoms with van der Waals surface area (Å²) in [6.07, 6.45) is 92.0. The van der Waals surface area contributed by atoms with Crippen LogP contribution in [0, 0.1) is 0 Å². The highest BCUT2D eigenvalue weighted by Gasteiger charge is 2.20. The molecule has 0 spiro atoms. The van der Waals surface area contributed by atoms with Crippen LogP contribution in [0.4, 0.5) is 0 Å². The average molecular weight is 1150 g/mol. The fraction of sp³-hybridized carbons (Fsp3) is 0.895. The molecule has 0 radical (unpaired) electrons. The maximum atomic E-state index is 12.5. The van der Waals surface area contributed by atoms with Crippen molar-refractivity contribution in [3.05, 3.63) is 36.5 Å². The smallest absolute Gasteiger partial charge is 0.305 e. The van der Waals surface area contributed by atoms with Crippen LogP contribution in [0.25, 0.3) is 0 Å². The van der Waals surface area contributed by atoms with Gasteiger partial charge in [-0.2, -0.15) is 0 Å². The normalized spacial score (nSPS) is 12.7. The highest BCUT2D eigenvalue weighted by molar-refractivity contribution is 5.76. The molecular formula is C76H145NO5. The lowest BCUT2D eigenvalue weighted by atomic mass is 10.0. The number of esters is 1. The van der Waals surface area contributed by atoms with Gasteiger partial charge in [0.25, 0.3) is 0 Å². The Kier molecular flexibility index (Phi) is 69.9. The molecule has 82 heavy (non-hydrogen) atoms. The van der Waals surface area contributed by atoms with E-state index in [0.717, 1.165) is 51.4 Å². The third-order valence-electron chi connectivity index (χ3n) is 17.4. The third kappa shape index (κ3) is 67.2. The maximum absolute atomic E-state index is 12.5. The lowest BCUT2D eigenvalue weighted by Gasteiger charge is -2.22. The molecule has 0 fully saturated rings. The molecule has 0 aromatic heterocycles. The van der Waals surface area contributed by atoms with E-state index < -0.39 is 12.1 Å². The second-order valence-corrected chi connectivity index (χ2v) is 25.6. The van der Waals surface area contributed by atoms with E-state index in [1.165, 1.54) is 327 Å². The number of unbranched alkanes of at least 4 members (excludes halogenated alkanes) is 53. The summed E-state index contributed by atoms with van der Waals surface area (Å²) in [4.78, 5) is 24.7. The molecular weight excluding hydrogens is 1010 g/mol. The van der Waals surface area contributed by atoms with Gasteiger partial charge in [0.1, 0.15) is 0 Å². The van der Waals surface area contributed by atoms with Crippen LogP contribution in [0.1, 0.15) is 412 Å². The first-order chi connectivity index (χ1) is 40.5. The van der Waals surface area contributed by atoms with Gasteiger partial charge < -0.3 is 20.3 Å². The molecule has 1 amide bonds. The molecule has 2 atom stereocenters. The number of carbonyl (C=O) groups excluding carboxylic acids is 2. The zero-order valence-electron chi connectivity index (χ0n) is 55.5. The fourth-order valence-electron chi connectivity index (χ4n) is 11.7. The van der Waals surface area contributed by atoms with E-state index in [9.17, 15) is 19.8 Å². The van der Waals surface area contributed by atoms with E-state index in [-0.39, 0.29) is 18.5 Å². The van der Waals surface area contributed by atoms with Crippen molar-refractivity contribution in [1.29, 1.82) is 0 Å². The zero-order valence-corrected chi connectivity index (χ0v) is 55.5. The van der Waals surface area contributed by atoms with E-state index in [1.54, 1.807) is 0 Å². The van der Waals surface area contributed by atoms with E-state index in [4.69, 9.17) is 4.74 Å². The van der Waals surface area contributed by atoms with Crippen LogP contribution in [-0.4, -0.2) is 47.4 Å². The van der Waals surface area contributed by atoms with E-state index in [1.807, 2.05) is 0 Å². The molecule has 0 aromatic carbocycles. The van der Waals surface area contributed by atoms with E-state index in [2.05, 4.69) is 55.6 Å². The fourth-order valence-corrected chi connectivity index (χ4v) is 11.7. The first-order valence-electron chi connectivity index (χ1n) is 37.2. The average Bonchev–Trinajstić information content (AvgIpc) is 3.48. The predicted molar refractivity (Wildman–Crippen MR) is 361 cm³/mol. The number of ether oxygens (including phenoxy) is 1. The maximum Gasteiger partial charge on any atom is 0.305 e. The van der Waals surface area contributed by atoms with Crippen LogP contribution in [-0.2, 0) is 14.3 Å². The predicted octanol–water partition coefficient (Wildman–Crippen LogP) is 24.3. The molecule has 0 saturated carbocycles. The standard InChI is InChI=1S/C76H145NO5/c1-3-5-7-9-11-13-15-17-19-21-33-38-42-46-50-54-58-62-66-70-76(81)82-71-67-63-59-55-51-47-43-39-35-32-30-28-26-24-23-25-27-29-31-34-37-41-45-49-53-57-61-65-69-75(80)77-73(72-78)74(79)68-64-60-56-52-48-44-40-36-22-20-18-16-14-12-10-8-6-4-2/h11,13,17,19,23-24,73-74,78-79H,3-10,12,14-16,18,20-22,25-72H2,1-2H3,(H,77,80)/b13-11-,19-17-,24-23-. The molecule has 0 rings (SSSR count). The van der Waals surface area contributed by atoms with Crippen LogP contribution in [0.15, 0.2) is 36.5 Å². The van der Waals surface area contributed by atoms with Gasteiger partial charge in [0.15, 0.2) is 0 Å². The number of aliphatic hydroxyl groups is 2. The summed E-state index contributed by atoms with van der Waals surface area (Å²) in [6.45, 7) is 4.97. The summed E-state index contributed by atoms with van der Waals surface area (Å²) in [7, 11) is 0. The molecule has 0 aliphatic rings. The van der Waals surface area contributed by atoms with Gasteiger partial charge in [-0.25, -0.2) is 0 Å². The van der Waals surface area contributed by atoms with Crippen molar-refractivity contribution in [2.45, 2.75) is 424 Å². The summed E-state index contributed by atoms with van der Waals surface area (Å²) in [5, 5.41) is 23.4. The summed E-state index contributed by atoms with van der Waals surface area (Å²) < 4.78 is 5.51. The lowest BCUT2D eigenvalue weighted by Crippen LogP contribution is -2.45. The molecule has 3 N–H and O–H groups in total. The molecule has 0 heterocycles. The zero-order chi connectivity index (χ0) is 59.2. The van der Waals surface area contributed by atoms with Crippen LogP contribution >= 0.6 is 0 Å². The largest absolute Gasteiger partial charge is 0.466 e. The lowest BCUT2D eigenvalue weighted by molar-refractivity contribution is -0.143. The Labute approximate surface area is 513 Å². The first-order valence-corrected chi connectivity index (χ1v) is 37.2. The van der Waals surface area contributed by atoms with Gasteiger partial charge in [-0.3, -0.25) is 9.59 Å². The molecule has 0 aliphatic heterocycles. The van der Waals surface area contributed by atoms with Gasteiger partial charge in [0.05, 0.1) is 25.4 Å². The van der Waals surface area contributed by atoms with Crippen molar-refractivity contribution in [1.82, 2.24) is 5.32 Å². The van der Waals surface area contributed by atoms with Gasteiger partial charge in [-0.05, 0) is 83.5 Å². The van der Waals surface area contributed by atoms with Crippen LogP contribution in [0.5, 0.6) is 0 Å². The topological polar surface area (TPSA) is 95.9 Å². The van der Waals surface area contributed by atoms with Crippen molar-refractivity contribution >= 4 is 11.9 Å². The molecule has 0 bridgehead atoms. The minimum Gasteiger partial charge on any atom is -0.466 e. The number of amides is 1. The number of aliphatic hydroxyl groups excluding tert-OH is 2.